The second kappa shape index (κ2) is 5.38. The third-order valence-corrected chi connectivity index (χ3v) is 4.28. The molecule has 0 aliphatic carbocycles. The van der Waals surface area contributed by atoms with E-state index in [1.54, 1.807) is 12.1 Å². The first-order valence-corrected chi connectivity index (χ1v) is 7.30. The Hall–Kier alpha value is -1.65. The van der Waals surface area contributed by atoms with E-state index in [-0.39, 0.29) is 5.82 Å². The van der Waals surface area contributed by atoms with Crippen molar-refractivity contribution in [3.8, 4) is 0 Å². The van der Waals surface area contributed by atoms with E-state index in [1.165, 1.54) is 18.0 Å². The zero-order valence-corrected chi connectivity index (χ0v) is 12.3. The smallest absolute Gasteiger partial charge is 0.138 e. The first-order chi connectivity index (χ1) is 9.66. The molecule has 0 atom stereocenters. The summed E-state index contributed by atoms with van der Waals surface area (Å²) in [5, 5.41) is 1.70. The van der Waals surface area contributed by atoms with Gasteiger partial charge < -0.3 is 9.71 Å². The fourth-order valence-corrected chi connectivity index (χ4v) is 3.10. The van der Waals surface area contributed by atoms with Gasteiger partial charge in [0, 0.05) is 11.6 Å². The summed E-state index contributed by atoms with van der Waals surface area (Å²) in [6, 6.07) is 10.4. The molecule has 0 radical (unpaired) electrons. The van der Waals surface area contributed by atoms with E-state index < -0.39 is 0 Å². The number of nitrogens with one attached hydrogen (secondary N) is 2. The van der Waals surface area contributed by atoms with Crippen LogP contribution in [-0.4, -0.2) is 4.98 Å². The molecule has 3 rings (SSSR count). The molecule has 0 saturated carbocycles. The first-order valence-electron chi connectivity index (χ1n) is 6.10. The molecule has 0 bridgehead atoms. The highest BCUT2D eigenvalue weighted by atomic mass is 35.5. The van der Waals surface area contributed by atoms with Gasteiger partial charge in [0.15, 0.2) is 0 Å². The first kappa shape index (κ1) is 13.3. The molecule has 0 saturated heterocycles. The highest BCUT2D eigenvalue weighted by Gasteiger charge is 2.10. The van der Waals surface area contributed by atoms with Crippen LogP contribution in [0.2, 0.25) is 5.02 Å². The molecule has 0 aliphatic rings. The summed E-state index contributed by atoms with van der Waals surface area (Å²) in [5.41, 5.74) is 2.90. The third kappa shape index (κ3) is 2.37. The van der Waals surface area contributed by atoms with Gasteiger partial charge in [0.2, 0.25) is 0 Å². The van der Waals surface area contributed by atoms with Crippen LogP contribution >= 0.6 is 23.5 Å². The van der Waals surface area contributed by atoms with Gasteiger partial charge in [-0.15, -0.1) is 0 Å². The summed E-state index contributed by atoms with van der Waals surface area (Å²) in [5.74, 6) is -0.238. The van der Waals surface area contributed by atoms with E-state index in [4.69, 9.17) is 11.6 Å². The van der Waals surface area contributed by atoms with E-state index in [2.05, 4.69) is 9.71 Å². The van der Waals surface area contributed by atoms with Gasteiger partial charge in [-0.05, 0) is 48.7 Å². The topological polar surface area (TPSA) is 27.8 Å². The summed E-state index contributed by atoms with van der Waals surface area (Å²) in [6.45, 7) is 2.00. The molecule has 0 spiro atoms. The molecule has 102 valence electrons. The summed E-state index contributed by atoms with van der Waals surface area (Å²) < 4.78 is 16.8. The molecule has 0 unspecified atom stereocenters. The fraction of sp³-hybridized carbons (Fsp3) is 0.0667. The summed E-state index contributed by atoms with van der Waals surface area (Å²) in [6.07, 6.45) is 1.91. The minimum atomic E-state index is -0.238. The quantitative estimate of drug-likeness (QED) is 0.635. The van der Waals surface area contributed by atoms with Crippen LogP contribution in [-0.2, 0) is 0 Å². The lowest BCUT2D eigenvalue weighted by Crippen LogP contribution is -1.90. The molecule has 1 aromatic heterocycles. The molecule has 3 aromatic rings. The van der Waals surface area contributed by atoms with Crippen molar-refractivity contribution in [1.29, 1.82) is 0 Å². The van der Waals surface area contributed by atoms with Crippen LogP contribution in [0.5, 0.6) is 0 Å². The number of aromatic amines is 1. The lowest BCUT2D eigenvalue weighted by atomic mass is 10.2. The Kier molecular flexibility index (Phi) is 3.59. The summed E-state index contributed by atoms with van der Waals surface area (Å²) in [7, 11) is 0. The fourth-order valence-electron chi connectivity index (χ4n) is 2.09. The maximum absolute atomic E-state index is 13.6. The molecule has 0 aliphatic heterocycles. The normalized spacial score (nSPS) is 10.9. The van der Waals surface area contributed by atoms with Crippen molar-refractivity contribution < 1.29 is 4.39 Å². The van der Waals surface area contributed by atoms with Crippen molar-refractivity contribution in [2.24, 2.45) is 0 Å². The average Bonchev–Trinajstić information content (AvgIpc) is 2.83. The molecular formula is C15H12ClFN2S. The molecule has 5 heteroatoms. The number of hydrogen-bond acceptors (Lipinski definition) is 2. The number of benzene rings is 2. The van der Waals surface area contributed by atoms with Crippen molar-refractivity contribution in [3.63, 3.8) is 0 Å². The van der Waals surface area contributed by atoms with Crippen LogP contribution in [0, 0.1) is 12.7 Å². The van der Waals surface area contributed by atoms with Crippen molar-refractivity contribution >= 4 is 40.1 Å². The van der Waals surface area contributed by atoms with Crippen LogP contribution in [0.25, 0.3) is 10.9 Å². The highest BCUT2D eigenvalue weighted by Crippen LogP contribution is 2.34. The minimum absolute atomic E-state index is 0.238. The highest BCUT2D eigenvalue weighted by molar-refractivity contribution is 8.00. The lowest BCUT2D eigenvalue weighted by molar-refractivity contribution is 0.602. The number of H-pyrrole nitrogens is 1. The largest absolute Gasteiger partial charge is 0.359 e. The van der Waals surface area contributed by atoms with Gasteiger partial charge in [-0.25, -0.2) is 4.39 Å². The second-order valence-corrected chi connectivity index (χ2v) is 5.71. The van der Waals surface area contributed by atoms with Crippen LogP contribution in [0.1, 0.15) is 5.56 Å². The average molecular weight is 307 g/mol. The van der Waals surface area contributed by atoms with Gasteiger partial charge in [0.25, 0.3) is 0 Å². The van der Waals surface area contributed by atoms with Crippen molar-refractivity contribution in [1.82, 2.24) is 4.98 Å². The molecule has 2 N–H and O–H groups in total. The number of rotatable bonds is 3. The standard InChI is InChI=1S/C15H12ClFN2S/c1-9-8-18-15-12(7-6-10(16)14(9)15)19-20-13-5-3-2-4-11(13)17/h2-8,18-19H,1H3. The minimum Gasteiger partial charge on any atom is -0.359 e. The van der Waals surface area contributed by atoms with Crippen molar-refractivity contribution in [3.05, 3.63) is 59.0 Å². The van der Waals surface area contributed by atoms with E-state index >= 15 is 0 Å². The maximum Gasteiger partial charge on any atom is 0.138 e. The Morgan fingerprint density at radius 2 is 2.00 bits per heavy atom. The number of hydrogen-bond donors (Lipinski definition) is 2. The Balaban J connectivity index is 1.92. The molecular weight excluding hydrogens is 295 g/mol. The Morgan fingerprint density at radius 1 is 1.20 bits per heavy atom. The van der Waals surface area contributed by atoms with Gasteiger partial charge in [-0.1, -0.05) is 23.7 Å². The van der Waals surface area contributed by atoms with Crippen molar-refractivity contribution in [2.45, 2.75) is 11.8 Å². The lowest BCUT2D eigenvalue weighted by Gasteiger charge is -2.08. The Bertz CT molecular complexity index is 770. The molecule has 2 aromatic carbocycles. The predicted molar refractivity (Wildman–Crippen MR) is 83.9 cm³/mol. The third-order valence-electron chi connectivity index (χ3n) is 3.09. The van der Waals surface area contributed by atoms with Crippen molar-refractivity contribution in [2.75, 3.05) is 4.72 Å². The van der Waals surface area contributed by atoms with Crippen LogP contribution in [0.15, 0.2) is 47.5 Å². The van der Waals surface area contributed by atoms with Gasteiger partial charge in [-0.3, -0.25) is 0 Å². The SMILES string of the molecule is Cc1c[nH]c2c(NSc3ccccc3F)ccc(Cl)c12. The predicted octanol–water partition coefficient (Wildman–Crippen LogP) is 5.39. The van der Waals surface area contributed by atoms with E-state index in [0.717, 1.165) is 22.2 Å². The zero-order valence-electron chi connectivity index (χ0n) is 10.7. The maximum atomic E-state index is 13.6. The molecule has 2 nitrogen and oxygen atoms in total. The Labute approximate surface area is 125 Å². The zero-order chi connectivity index (χ0) is 14.1. The number of anilines is 1. The summed E-state index contributed by atoms with van der Waals surface area (Å²) >= 11 is 7.45. The van der Waals surface area contributed by atoms with Gasteiger partial charge in [0.05, 0.1) is 21.1 Å². The van der Waals surface area contributed by atoms with Gasteiger partial charge in [-0.2, -0.15) is 0 Å². The molecule has 0 fully saturated rings. The molecule has 20 heavy (non-hydrogen) atoms. The molecule has 0 amide bonds. The summed E-state index contributed by atoms with van der Waals surface area (Å²) in [4.78, 5) is 3.75. The Morgan fingerprint density at radius 3 is 2.80 bits per heavy atom. The van der Waals surface area contributed by atoms with Gasteiger partial charge >= 0.3 is 0 Å². The van der Waals surface area contributed by atoms with Crippen LogP contribution in [0.3, 0.4) is 0 Å². The number of halogens is 2. The van der Waals surface area contributed by atoms with Gasteiger partial charge in [0.1, 0.15) is 5.82 Å². The number of fused-ring (bicyclic) bond motifs is 1. The number of aromatic nitrogens is 1. The number of aryl methyl sites for hydroxylation is 1. The van der Waals surface area contributed by atoms with Crippen LogP contribution < -0.4 is 4.72 Å². The van der Waals surface area contributed by atoms with E-state index in [0.29, 0.717) is 9.92 Å². The van der Waals surface area contributed by atoms with E-state index in [9.17, 15) is 4.39 Å². The van der Waals surface area contributed by atoms with E-state index in [1.807, 2.05) is 31.3 Å². The van der Waals surface area contributed by atoms with Crippen LogP contribution in [0.4, 0.5) is 10.1 Å². The second-order valence-electron chi connectivity index (χ2n) is 4.45. The monoisotopic (exact) mass is 306 g/mol. The molecule has 1 heterocycles.